The average Bonchev–Trinajstić information content (AvgIpc) is 1.21. The van der Waals surface area contributed by atoms with Crippen LogP contribution in [0.3, 0.4) is 0 Å². The van der Waals surface area contributed by atoms with Crippen LogP contribution in [0.1, 0.15) is 0 Å². The highest BCUT2D eigenvalue weighted by molar-refractivity contribution is 8.10. The Morgan fingerprint density at radius 2 is 2.00 bits per heavy atom. The number of rotatable bonds is 1. The molecule has 0 fully saturated rings. The molecule has 8 heavy (non-hydrogen) atoms. The van der Waals surface area contributed by atoms with Crippen LogP contribution >= 0.6 is 10.7 Å². The summed E-state index contributed by atoms with van der Waals surface area (Å²) in [4.78, 5) is 9.55. The van der Waals surface area contributed by atoms with Crippen LogP contribution in [0.5, 0.6) is 0 Å². The van der Waals surface area contributed by atoms with Crippen LogP contribution in [0, 0.1) is 0 Å². The van der Waals surface area contributed by atoms with E-state index in [4.69, 9.17) is 0 Å². The first-order valence-corrected chi connectivity index (χ1v) is 3.59. The fourth-order valence-electron chi connectivity index (χ4n) is 0.0981. The topological polar surface area (TPSA) is 86.5 Å². The molecule has 0 saturated heterocycles. The minimum absolute atomic E-state index is 1.44. The zero-order chi connectivity index (χ0) is 6.78. The summed E-state index contributed by atoms with van der Waals surface area (Å²) < 4.78 is 22.7. The van der Waals surface area contributed by atoms with Crippen molar-refractivity contribution in [2.24, 2.45) is 5.73 Å². The maximum atomic E-state index is 9.68. The van der Waals surface area contributed by atoms with E-state index >= 15 is 0 Å². The second-order valence-electron chi connectivity index (χ2n) is 0.795. The molecule has 0 aliphatic rings. The number of nitrogens with two attached hydrogens (primary N) is 1. The van der Waals surface area contributed by atoms with E-state index in [1.807, 2.05) is 0 Å². The van der Waals surface area contributed by atoms with E-state index in [0.29, 0.717) is 0 Å². The van der Waals surface area contributed by atoms with Gasteiger partial charge in [0.25, 0.3) is 0 Å². The highest BCUT2D eigenvalue weighted by Gasteiger charge is 2.07. The third-order valence-corrected chi connectivity index (χ3v) is 0.734. The van der Waals surface area contributed by atoms with Crippen LogP contribution in [-0.2, 0) is 13.5 Å². The minimum Gasteiger partial charge on any atom is -0.334 e. The molecule has 0 unspecified atom stereocenters. The molecule has 0 bridgehead atoms. The average molecular weight is 160 g/mol. The molecular formula is CH2ClNO4S. The molecule has 0 aromatic rings. The number of hydrogen-bond donors (Lipinski definition) is 1. The van der Waals surface area contributed by atoms with E-state index in [1.165, 1.54) is 0 Å². The molecule has 0 atom stereocenters. The van der Waals surface area contributed by atoms with E-state index in [-0.39, 0.29) is 0 Å². The highest BCUT2D eigenvalue weighted by atomic mass is 35.7. The lowest BCUT2D eigenvalue weighted by Crippen LogP contribution is -2.14. The Morgan fingerprint density at radius 3 is 2.00 bits per heavy atom. The van der Waals surface area contributed by atoms with Gasteiger partial charge in [0.05, 0.1) is 10.7 Å². The molecule has 2 N–H and O–H groups in total. The lowest BCUT2D eigenvalue weighted by Gasteiger charge is -1.88. The van der Waals surface area contributed by atoms with Gasteiger partial charge < -0.3 is 9.92 Å². The number of hydrogen-bond acceptors (Lipinski definition) is 4. The number of amides is 1. The molecule has 0 aromatic heterocycles. The van der Waals surface area contributed by atoms with Crippen LogP contribution < -0.4 is 5.73 Å². The molecule has 5 nitrogen and oxygen atoms in total. The Hall–Kier alpha value is -0.490. The van der Waals surface area contributed by atoms with Crippen molar-refractivity contribution < 1.29 is 17.4 Å². The fourth-order valence-corrected chi connectivity index (χ4v) is 0.481. The maximum absolute atomic E-state index is 9.68. The van der Waals surface area contributed by atoms with Gasteiger partial charge in [-0.15, -0.1) is 0 Å². The summed E-state index contributed by atoms with van der Waals surface area (Å²) >= 11 is 0. The lowest BCUT2D eigenvalue weighted by molar-refractivity contribution is 0.214. The summed E-state index contributed by atoms with van der Waals surface area (Å²) in [6.45, 7) is 0. The smallest absolute Gasteiger partial charge is 0.334 e. The van der Waals surface area contributed by atoms with Crippen molar-refractivity contribution >= 4 is 26.1 Å². The summed E-state index contributed by atoms with van der Waals surface area (Å²) in [5, 5.41) is 0. The molecular weight excluding hydrogens is 158 g/mol. The molecule has 0 saturated carbocycles. The van der Waals surface area contributed by atoms with E-state index in [0.717, 1.165) is 0 Å². The van der Waals surface area contributed by atoms with E-state index in [9.17, 15) is 13.2 Å². The zero-order valence-corrected chi connectivity index (χ0v) is 5.07. The standard InChI is InChI=1S/CH2ClNO4S/c2-8(5,6)7-1(3)4/h(H2,3,4). The molecule has 48 valence electrons. The van der Waals surface area contributed by atoms with E-state index in [1.54, 1.807) is 0 Å². The van der Waals surface area contributed by atoms with Gasteiger partial charge in [-0.25, -0.2) is 4.79 Å². The van der Waals surface area contributed by atoms with Gasteiger partial charge in [-0.1, -0.05) is 0 Å². The van der Waals surface area contributed by atoms with Crippen LogP contribution in [0.15, 0.2) is 0 Å². The number of carbonyl (C=O) groups excluding carboxylic acids is 1. The first-order chi connectivity index (χ1) is 3.42. The molecule has 0 rings (SSSR count). The number of halogens is 1. The minimum atomic E-state index is -4.23. The molecule has 0 aliphatic heterocycles. The van der Waals surface area contributed by atoms with Crippen molar-refractivity contribution in [3.05, 3.63) is 0 Å². The van der Waals surface area contributed by atoms with Gasteiger partial charge in [0.1, 0.15) is 0 Å². The summed E-state index contributed by atoms with van der Waals surface area (Å²) in [7, 11) is 0.152. The molecule has 0 spiro atoms. The van der Waals surface area contributed by atoms with Crippen molar-refractivity contribution in [1.29, 1.82) is 0 Å². The van der Waals surface area contributed by atoms with Gasteiger partial charge in [-0.3, -0.25) is 0 Å². The van der Waals surface area contributed by atoms with Gasteiger partial charge in [-0.05, 0) is 0 Å². The summed E-state index contributed by atoms with van der Waals surface area (Å²) in [6.07, 6.45) is -1.44. The quantitative estimate of drug-likeness (QED) is 0.526. The Morgan fingerprint density at radius 1 is 1.62 bits per heavy atom. The fraction of sp³-hybridized carbons (Fsp3) is 0. The Balaban J connectivity index is 3.95. The monoisotopic (exact) mass is 159 g/mol. The van der Waals surface area contributed by atoms with Gasteiger partial charge in [-0.2, -0.15) is 8.42 Å². The summed E-state index contributed by atoms with van der Waals surface area (Å²) in [5.41, 5.74) is 4.25. The third-order valence-electron chi connectivity index (χ3n) is 0.182. The van der Waals surface area contributed by atoms with Crippen molar-refractivity contribution in [1.82, 2.24) is 0 Å². The van der Waals surface area contributed by atoms with Crippen LogP contribution in [0.2, 0.25) is 0 Å². The van der Waals surface area contributed by atoms with Crippen LogP contribution in [0.4, 0.5) is 4.79 Å². The Labute approximate surface area is 50.0 Å². The van der Waals surface area contributed by atoms with Gasteiger partial charge in [0.15, 0.2) is 0 Å². The van der Waals surface area contributed by atoms with E-state index < -0.39 is 15.4 Å². The Bertz CT molecular complexity index is 182. The molecule has 7 heteroatoms. The predicted octanol–water partition coefficient (Wildman–Crippen LogP) is -0.435. The zero-order valence-electron chi connectivity index (χ0n) is 3.50. The molecule has 0 aliphatic carbocycles. The lowest BCUT2D eigenvalue weighted by atomic mass is 11.3. The van der Waals surface area contributed by atoms with Gasteiger partial charge >= 0.3 is 15.4 Å². The summed E-state index contributed by atoms with van der Waals surface area (Å²) in [5.74, 6) is 0. The van der Waals surface area contributed by atoms with Crippen LogP contribution in [0.25, 0.3) is 0 Å². The van der Waals surface area contributed by atoms with Crippen molar-refractivity contribution in [2.75, 3.05) is 0 Å². The van der Waals surface area contributed by atoms with Gasteiger partial charge in [0, 0.05) is 0 Å². The molecule has 0 aromatic carbocycles. The maximum Gasteiger partial charge on any atom is 0.421 e. The first kappa shape index (κ1) is 7.51. The third kappa shape index (κ3) is 5.51. The Kier molecular flexibility index (Phi) is 2.05. The normalized spacial score (nSPS) is 10.6. The number of carbonyl (C=O) groups is 1. The second kappa shape index (κ2) is 2.19. The summed E-state index contributed by atoms with van der Waals surface area (Å²) in [6, 6.07) is 0. The molecule has 0 heterocycles. The predicted molar refractivity (Wildman–Crippen MR) is 25.4 cm³/mol. The SMILES string of the molecule is NC(=O)OS(=O)(=O)Cl. The van der Waals surface area contributed by atoms with E-state index in [2.05, 4.69) is 20.6 Å². The van der Waals surface area contributed by atoms with Crippen molar-refractivity contribution in [3.8, 4) is 0 Å². The molecule has 0 radical (unpaired) electrons. The highest BCUT2D eigenvalue weighted by Crippen LogP contribution is 1.96. The van der Waals surface area contributed by atoms with Crippen molar-refractivity contribution in [2.45, 2.75) is 0 Å². The number of primary amides is 1. The largest absolute Gasteiger partial charge is 0.421 e. The van der Waals surface area contributed by atoms with Gasteiger partial charge in [0.2, 0.25) is 0 Å². The first-order valence-electron chi connectivity index (χ1n) is 1.35. The van der Waals surface area contributed by atoms with Crippen LogP contribution in [-0.4, -0.2) is 14.5 Å². The second-order valence-corrected chi connectivity index (χ2v) is 2.88. The molecule has 1 amide bonds. The van der Waals surface area contributed by atoms with Crippen molar-refractivity contribution in [3.63, 3.8) is 0 Å².